The zero-order valence-electron chi connectivity index (χ0n) is 17.5. The predicted molar refractivity (Wildman–Crippen MR) is 117 cm³/mol. The van der Waals surface area contributed by atoms with Gasteiger partial charge in [-0.05, 0) is 50.1 Å². The Morgan fingerprint density at radius 3 is 2.72 bits per heavy atom. The number of likely N-dealkylation sites (N-methyl/N-ethyl adjacent to an activating group) is 1. The molecule has 152 valence electrons. The van der Waals surface area contributed by atoms with E-state index in [1.165, 1.54) is 11.1 Å². The Bertz CT molecular complexity index is 1010. The molecule has 1 amide bonds. The quantitative estimate of drug-likeness (QED) is 0.732. The van der Waals surface area contributed by atoms with Crippen molar-refractivity contribution in [1.29, 1.82) is 0 Å². The number of carbonyl (C=O) groups is 2. The molecule has 1 aromatic carbocycles. The van der Waals surface area contributed by atoms with Crippen molar-refractivity contribution >= 4 is 28.3 Å². The van der Waals surface area contributed by atoms with Crippen LogP contribution in [0.1, 0.15) is 36.2 Å². The van der Waals surface area contributed by atoms with Gasteiger partial charge in [-0.15, -0.1) is 6.58 Å². The van der Waals surface area contributed by atoms with Gasteiger partial charge in [-0.3, -0.25) is 19.1 Å². The smallest absolute Gasteiger partial charge is 0.234 e. The number of aromatic nitrogens is 1. The maximum atomic E-state index is 13.0. The Kier molecular flexibility index (Phi) is 5.17. The van der Waals surface area contributed by atoms with Crippen LogP contribution in [-0.2, 0) is 11.2 Å². The second-order valence-corrected chi connectivity index (χ2v) is 8.01. The lowest BCUT2D eigenvalue weighted by Gasteiger charge is -2.40. The average Bonchev–Trinajstić information content (AvgIpc) is 3.10. The van der Waals surface area contributed by atoms with Crippen LogP contribution in [0, 0.1) is 5.92 Å². The van der Waals surface area contributed by atoms with Gasteiger partial charge in [0.05, 0.1) is 11.4 Å². The number of carbonyl (C=O) groups excluding carboxylic acids is 2. The molecule has 5 nitrogen and oxygen atoms in total. The van der Waals surface area contributed by atoms with Crippen LogP contribution in [0.4, 0.5) is 0 Å². The molecule has 0 fully saturated rings. The normalized spacial score (nSPS) is 20.9. The van der Waals surface area contributed by atoms with Crippen LogP contribution >= 0.6 is 0 Å². The number of hydrogen-bond donors (Lipinski definition) is 0. The molecule has 1 aliphatic heterocycles. The van der Waals surface area contributed by atoms with Crippen molar-refractivity contribution in [1.82, 2.24) is 14.4 Å². The monoisotopic (exact) mass is 391 g/mol. The summed E-state index contributed by atoms with van der Waals surface area (Å²) in [6.07, 6.45) is 7.01. The first-order chi connectivity index (χ1) is 14.0. The van der Waals surface area contributed by atoms with E-state index in [1.807, 2.05) is 37.1 Å². The molecule has 0 unspecified atom stereocenters. The number of amides is 1. The van der Waals surface area contributed by atoms with E-state index in [9.17, 15) is 9.59 Å². The van der Waals surface area contributed by atoms with E-state index >= 15 is 0 Å². The van der Waals surface area contributed by atoms with Crippen molar-refractivity contribution in [3.05, 3.63) is 54.3 Å². The van der Waals surface area contributed by atoms with Crippen molar-refractivity contribution in [2.24, 2.45) is 5.92 Å². The van der Waals surface area contributed by atoms with Crippen LogP contribution in [-0.4, -0.2) is 58.9 Å². The lowest BCUT2D eigenvalue weighted by Crippen LogP contribution is -2.47. The number of allylic oxidation sites excluding steroid dienone is 1. The van der Waals surface area contributed by atoms with Crippen molar-refractivity contribution in [3.63, 3.8) is 0 Å². The first-order valence-corrected chi connectivity index (χ1v) is 10.5. The van der Waals surface area contributed by atoms with Gasteiger partial charge in [0.25, 0.3) is 0 Å². The van der Waals surface area contributed by atoms with E-state index in [0.29, 0.717) is 6.42 Å². The van der Waals surface area contributed by atoms with Crippen LogP contribution in [0.2, 0.25) is 0 Å². The third-order valence-corrected chi connectivity index (χ3v) is 6.37. The van der Waals surface area contributed by atoms with Gasteiger partial charge >= 0.3 is 0 Å². The summed E-state index contributed by atoms with van der Waals surface area (Å²) in [5.41, 5.74) is 4.53. The second kappa shape index (κ2) is 7.64. The van der Waals surface area contributed by atoms with E-state index in [4.69, 9.17) is 0 Å². The number of benzene rings is 1. The summed E-state index contributed by atoms with van der Waals surface area (Å²) < 4.78 is 1.77. The molecule has 0 saturated heterocycles. The topological polar surface area (TPSA) is 45.6 Å². The molecule has 0 radical (unpaired) electrons. The fraction of sp³-hybridized carbons (Fsp3) is 0.417. The molecule has 29 heavy (non-hydrogen) atoms. The average molecular weight is 392 g/mol. The summed E-state index contributed by atoms with van der Waals surface area (Å²) in [4.78, 5) is 29.8. The van der Waals surface area contributed by atoms with E-state index in [-0.39, 0.29) is 23.8 Å². The van der Waals surface area contributed by atoms with Crippen molar-refractivity contribution in [2.75, 3.05) is 26.7 Å². The summed E-state index contributed by atoms with van der Waals surface area (Å²) in [7, 11) is 2.10. The molecule has 1 aromatic heterocycles. The summed E-state index contributed by atoms with van der Waals surface area (Å²) in [6, 6.07) is 6.39. The molecule has 2 aromatic rings. The lowest BCUT2D eigenvalue weighted by atomic mass is 9.79. The molecule has 2 heterocycles. The highest BCUT2D eigenvalue weighted by atomic mass is 16.2. The number of hydrogen-bond acceptors (Lipinski definition) is 3. The molecular weight excluding hydrogens is 362 g/mol. The zero-order valence-corrected chi connectivity index (χ0v) is 17.5. The van der Waals surface area contributed by atoms with Crippen LogP contribution < -0.4 is 0 Å². The van der Waals surface area contributed by atoms with Gasteiger partial charge in [-0.1, -0.05) is 24.3 Å². The van der Waals surface area contributed by atoms with Crippen molar-refractivity contribution in [3.8, 4) is 0 Å². The van der Waals surface area contributed by atoms with Gasteiger partial charge in [0, 0.05) is 43.7 Å². The first kappa shape index (κ1) is 19.6. The van der Waals surface area contributed by atoms with Crippen LogP contribution in [0.15, 0.2) is 43.1 Å². The van der Waals surface area contributed by atoms with Gasteiger partial charge in [0.2, 0.25) is 11.8 Å². The molecule has 2 atom stereocenters. The summed E-state index contributed by atoms with van der Waals surface area (Å²) in [6.45, 7) is 9.95. The maximum Gasteiger partial charge on any atom is 0.234 e. The molecule has 1 aliphatic carbocycles. The number of fused-ring (bicyclic) bond motifs is 2. The fourth-order valence-electron chi connectivity index (χ4n) is 4.91. The highest BCUT2D eigenvalue weighted by Gasteiger charge is 2.37. The Morgan fingerprint density at radius 2 is 2.03 bits per heavy atom. The van der Waals surface area contributed by atoms with Gasteiger partial charge in [-0.25, -0.2) is 0 Å². The Balaban J connectivity index is 1.82. The van der Waals surface area contributed by atoms with Crippen LogP contribution in [0.5, 0.6) is 0 Å². The largest absolute Gasteiger partial charge is 0.343 e. The highest BCUT2D eigenvalue weighted by molar-refractivity contribution is 6.03. The molecular formula is C24H29N3O2. The van der Waals surface area contributed by atoms with E-state index in [2.05, 4.69) is 30.7 Å². The minimum absolute atomic E-state index is 0.0372. The Hall–Kier alpha value is -2.66. The van der Waals surface area contributed by atoms with Crippen LogP contribution in [0.25, 0.3) is 16.5 Å². The molecule has 0 spiro atoms. The summed E-state index contributed by atoms with van der Waals surface area (Å²) in [5, 5.41) is 1.15. The van der Waals surface area contributed by atoms with E-state index in [1.54, 1.807) is 10.6 Å². The third kappa shape index (κ3) is 3.14. The van der Waals surface area contributed by atoms with Gasteiger partial charge in [-0.2, -0.15) is 0 Å². The van der Waals surface area contributed by atoms with Crippen molar-refractivity contribution < 1.29 is 9.59 Å². The maximum absolute atomic E-state index is 13.0. The fourth-order valence-corrected chi connectivity index (χ4v) is 4.91. The number of nitrogens with zero attached hydrogens (tertiary/aromatic N) is 3. The molecule has 0 N–H and O–H groups in total. The molecule has 5 heteroatoms. The second-order valence-electron chi connectivity index (χ2n) is 8.01. The molecule has 0 saturated carbocycles. The summed E-state index contributed by atoms with van der Waals surface area (Å²) in [5.74, 6) is 0.104. The van der Waals surface area contributed by atoms with Crippen LogP contribution in [0.3, 0.4) is 0 Å². The standard InChI is InChI=1S/C24H29N3O2/c1-5-9-22(28)27-15-16-13-21-19(18-10-8-11-20(27)23(16)18)12-17(14-25(21)4)24(29)26(6-2)7-3/h5,8,10-12,15,17,21H,1,6-7,9,13-14H2,2-4H3/t17-,21-/m1/s1. The van der Waals surface area contributed by atoms with E-state index < -0.39 is 0 Å². The van der Waals surface area contributed by atoms with Gasteiger partial charge in [0.15, 0.2) is 0 Å². The molecule has 2 aliphatic rings. The van der Waals surface area contributed by atoms with Gasteiger partial charge < -0.3 is 4.90 Å². The SMILES string of the molecule is C=CCC(=O)n1cc2c3c(cccc31)C1=C[C@@H](C(=O)N(CC)CC)CN(C)[C@@H]1C2. The lowest BCUT2D eigenvalue weighted by molar-refractivity contribution is -0.134. The number of rotatable bonds is 5. The Morgan fingerprint density at radius 1 is 1.28 bits per heavy atom. The van der Waals surface area contributed by atoms with Crippen molar-refractivity contribution in [2.45, 2.75) is 32.7 Å². The minimum Gasteiger partial charge on any atom is -0.343 e. The third-order valence-electron chi connectivity index (χ3n) is 6.37. The molecule has 4 rings (SSSR count). The molecule has 0 bridgehead atoms. The van der Waals surface area contributed by atoms with E-state index in [0.717, 1.165) is 42.5 Å². The predicted octanol–water partition coefficient (Wildman–Crippen LogP) is 3.60. The zero-order chi connectivity index (χ0) is 20.7. The summed E-state index contributed by atoms with van der Waals surface area (Å²) >= 11 is 0. The van der Waals surface area contributed by atoms with Gasteiger partial charge in [0.1, 0.15) is 0 Å². The highest BCUT2D eigenvalue weighted by Crippen LogP contribution is 2.41. The first-order valence-electron chi connectivity index (χ1n) is 10.5. The Labute approximate surface area is 172 Å². The minimum atomic E-state index is -0.132.